The Morgan fingerprint density at radius 1 is 1.12 bits per heavy atom. The Bertz CT molecular complexity index is 779. The molecule has 3 heteroatoms. The van der Waals surface area contributed by atoms with E-state index in [2.05, 4.69) is 50.5 Å². The lowest BCUT2D eigenvalue weighted by molar-refractivity contribution is 0.350. The van der Waals surface area contributed by atoms with Crippen molar-refractivity contribution in [2.45, 2.75) is 65.8 Å². The number of nitrogens with zero attached hydrogens (tertiary/aromatic N) is 1. The minimum Gasteiger partial charge on any atom is -0.587 e. The topological polar surface area (TPSA) is 49.4 Å². The Hall–Kier alpha value is -2.00. The number of hydroxylamine groups is 1. The maximum absolute atomic E-state index is 6.26. The molecule has 1 aliphatic carbocycles. The number of nitrogen functional groups attached to an aromatic ring is 1. The van der Waals surface area contributed by atoms with E-state index in [0.717, 1.165) is 17.9 Å². The number of fused-ring (bicyclic) bond motifs is 1. The molecule has 0 aliphatic heterocycles. The Morgan fingerprint density at radius 2 is 1.76 bits per heavy atom. The van der Waals surface area contributed by atoms with Gasteiger partial charge in [-0.1, -0.05) is 33.8 Å². The molecule has 134 valence electrons. The molecule has 0 aromatic heterocycles. The van der Waals surface area contributed by atoms with Crippen LogP contribution >= 0.6 is 0 Å². The number of aryl methyl sites for hydroxylation is 2. The third-order valence-electron chi connectivity index (χ3n) is 4.91. The summed E-state index contributed by atoms with van der Waals surface area (Å²) in [6.45, 7) is 12.7. The fourth-order valence-electron chi connectivity index (χ4n) is 3.86. The van der Waals surface area contributed by atoms with Gasteiger partial charge in [-0.2, -0.15) is 0 Å². The molecule has 2 N–H and O–H groups in total. The second-order valence-electron chi connectivity index (χ2n) is 8.32. The molecule has 0 fully saturated rings. The quantitative estimate of drug-likeness (QED) is 0.546. The van der Waals surface area contributed by atoms with Crippen LogP contribution in [0.4, 0.5) is 5.69 Å². The Labute approximate surface area is 151 Å². The molecule has 0 saturated carbocycles. The molecule has 25 heavy (non-hydrogen) atoms. The van der Waals surface area contributed by atoms with E-state index in [1.54, 1.807) is 0 Å². The van der Waals surface area contributed by atoms with Gasteiger partial charge in [-0.15, -0.1) is 5.54 Å². The van der Waals surface area contributed by atoms with Crippen molar-refractivity contribution in [3.8, 4) is 16.9 Å². The highest BCUT2D eigenvalue weighted by Crippen LogP contribution is 2.44. The Morgan fingerprint density at radius 3 is 2.36 bits per heavy atom. The van der Waals surface area contributed by atoms with Crippen molar-refractivity contribution in [3.63, 3.8) is 0 Å². The first-order valence-corrected chi connectivity index (χ1v) is 9.09. The fourth-order valence-corrected chi connectivity index (χ4v) is 3.86. The predicted octanol–water partition coefficient (Wildman–Crippen LogP) is 6.07. The fraction of sp³-hybridized carbons (Fsp3) is 0.455. The summed E-state index contributed by atoms with van der Waals surface area (Å²) in [6.07, 6.45) is 2.29. The van der Waals surface area contributed by atoms with Crippen LogP contribution in [0.2, 0.25) is 0 Å². The largest absolute Gasteiger partial charge is 0.587 e. The Kier molecular flexibility index (Phi) is 4.54. The Balaban J connectivity index is 2.02. The van der Waals surface area contributed by atoms with E-state index in [-0.39, 0.29) is 5.54 Å². The maximum atomic E-state index is 6.26. The van der Waals surface area contributed by atoms with E-state index in [4.69, 9.17) is 10.6 Å². The molecule has 0 bridgehead atoms. The van der Waals surface area contributed by atoms with E-state index < -0.39 is 0 Å². The second kappa shape index (κ2) is 6.38. The summed E-state index contributed by atoms with van der Waals surface area (Å²) >= 11 is 0. The standard InChI is InChI=1S/C22H29N2O/c1-13-7-8-18-17(9-10-19(23)21(13)18)20-14(2)11-16(12-15(20)3)25-24-22(4,5)6/h9-13H,7-8,23H2,1-6H3/q-1/t13-/m1/s1. The van der Waals surface area contributed by atoms with Crippen LogP contribution in [0.1, 0.15) is 62.3 Å². The van der Waals surface area contributed by atoms with Gasteiger partial charge in [-0.3, -0.25) is 0 Å². The van der Waals surface area contributed by atoms with Gasteiger partial charge in [0.15, 0.2) is 0 Å². The molecule has 1 atom stereocenters. The number of nitrogens with two attached hydrogens (primary N) is 1. The van der Waals surface area contributed by atoms with Crippen molar-refractivity contribution in [2.75, 3.05) is 5.73 Å². The molecule has 3 nitrogen and oxygen atoms in total. The van der Waals surface area contributed by atoms with E-state index in [1.807, 2.05) is 20.8 Å². The van der Waals surface area contributed by atoms with Crippen molar-refractivity contribution in [2.24, 2.45) is 0 Å². The van der Waals surface area contributed by atoms with Gasteiger partial charge >= 0.3 is 0 Å². The third kappa shape index (κ3) is 3.52. The summed E-state index contributed by atoms with van der Waals surface area (Å²) in [5.74, 6) is 1.35. The summed E-state index contributed by atoms with van der Waals surface area (Å²) in [7, 11) is 0. The molecule has 2 aromatic rings. The van der Waals surface area contributed by atoms with Crippen molar-refractivity contribution in [1.29, 1.82) is 0 Å². The van der Waals surface area contributed by atoms with Crippen LogP contribution in [0, 0.1) is 13.8 Å². The van der Waals surface area contributed by atoms with Gasteiger partial charge in [-0.05, 0) is 84.2 Å². The zero-order chi connectivity index (χ0) is 18.4. The molecule has 2 aromatic carbocycles. The van der Waals surface area contributed by atoms with E-state index in [1.165, 1.54) is 39.8 Å². The summed E-state index contributed by atoms with van der Waals surface area (Å²) in [5, 5.41) is 0. The van der Waals surface area contributed by atoms with Crippen LogP contribution < -0.4 is 10.6 Å². The highest BCUT2D eigenvalue weighted by Gasteiger charge is 2.25. The van der Waals surface area contributed by atoms with Crippen LogP contribution in [0.5, 0.6) is 5.75 Å². The number of hydrogen-bond donors (Lipinski definition) is 1. The van der Waals surface area contributed by atoms with Crippen molar-refractivity contribution >= 4 is 5.69 Å². The first-order chi connectivity index (χ1) is 11.7. The average molecular weight is 337 g/mol. The van der Waals surface area contributed by atoms with Crippen LogP contribution in [0.25, 0.3) is 16.6 Å². The van der Waals surface area contributed by atoms with Crippen LogP contribution in [0.15, 0.2) is 24.3 Å². The number of anilines is 1. The average Bonchev–Trinajstić information content (AvgIpc) is 2.89. The highest BCUT2D eigenvalue weighted by atomic mass is 16.6. The van der Waals surface area contributed by atoms with Crippen molar-refractivity contribution in [3.05, 3.63) is 52.0 Å². The van der Waals surface area contributed by atoms with Crippen LogP contribution in [-0.4, -0.2) is 5.54 Å². The zero-order valence-electron chi connectivity index (χ0n) is 16.2. The van der Waals surface area contributed by atoms with E-state index >= 15 is 0 Å². The molecule has 0 heterocycles. The minimum atomic E-state index is -0.214. The molecule has 1 aliphatic rings. The second-order valence-corrected chi connectivity index (χ2v) is 8.32. The first-order valence-electron chi connectivity index (χ1n) is 9.09. The molecule has 0 saturated heterocycles. The van der Waals surface area contributed by atoms with Gasteiger partial charge in [0.25, 0.3) is 0 Å². The normalized spacial score (nSPS) is 16.8. The lowest BCUT2D eigenvalue weighted by Crippen LogP contribution is -2.14. The maximum Gasteiger partial charge on any atom is 0.102 e. The summed E-state index contributed by atoms with van der Waals surface area (Å²) in [5.41, 5.74) is 19.1. The monoisotopic (exact) mass is 337 g/mol. The summed E-state index contributed by atoms with van der Waals surface area (Å²) in [6, 6.07) is 8.41. The van der Waals surface area contributed by atoms with Gasteiger partial charge in [0.1, 0.15) is 5.75 Å². The lowest BCUT2D eigenvalue weighted by Gasteiger charge is -2.36. The molecule has 0 unspecified atom stereocenters. The molecule has 0 spiro atoms. The van der Waals surface area contributed by atoms with Gasteiger partial charge < -0.3 is 16.1 Å². The summed E-state index contributed by atoms with van der Waals surface area (Å²) in [4.78, 5) is 5.66. The lowest BCUT2D eigenvalue weighted by atomic mass is 9.89. The molecular weight excluding hydrogens is 308 g/mol. The SMILES string of the molecule is Cc1cc(O[N-]C(C)(C)C)cc(C)c1-c1ccc(N)c2c1CC[C@H]2C. The number of hydrogen-bond acceptors (Lipinski definition) is 2. The third-order valence-corrected chi connectivity index (χ3v) is 4.91. The molecule has 0 amide bonds. The van der Waals surface area contributed by atoms with Crippen molar-refractivity contribution < 1.29 is 4.84 Å². The number of benzene rings is 2. The van der Waals surface area contributed by atoms with Gasteiger partial charge in [0, 0.05) is 5.69 Å². The van der Waals surface area contributed by atoms with E-state index in [0.29, 0.717) is 5.92 Å². The predicted molar refractivity (Wildman–Crippen MR) is 106 cm³/mol. The molecule has 3 rings (SSSR count). The highest BCUT2D eigenvalue weighted by molar-refractivity contribution is 5.79. The van der Waals surface area contributed by atoms with Crippen LogP contribution in [-0.2, 0) is 6.42 Å². The number of rotatable bonds is 3. The molecule has 0 radical (unpaired) electrons. The van der Waals surface area contributed by atoms with Gasteiger partial charge in [-0.25, -0.2) is 0 Å². The smallest absolute Gasteiger partial charge is 0.102 e. The minimum absolute atomic E-state index is 0.214. The van der Waals surface area contributed by atoms with Crippen LogP contribution in [0.3, 0.4) is 0 Å². The first kappa shape index (κ1) is 17.8. The summed E-state index contributed by atoms with van der Waals surface area (Å²) < 4.78 is 0. The van der Waals surface area contributed by atoms with Gasteiger partial charge in [0.2, 0.25) is 0 Å². The molecular formula is C22H29N2O-. The zero-order valence-corrected chi connectivity index (χ0v) is 16.2. The van der Waals surface area contributed by atoms with Gasteiger partial charge in [0.05, 0.1) is 0 Å². The van der Waals surface area contributed by atoms with Crippen molar-refractivity contribution in [1.82, 2.24) is 0 Å². The van der Waals surface area contributed by atoms with E-state index in [9.17, 15) is 0 Å².